The molecule has 2 N–H and O–H groups in total. The normalized spacial score (nSPS) is 11.4. The van der Waals surface area contributed by atoms with E-state index in [0.717, 1.165) is 11.3 Å². The summed E-state index contributed by atoms with van der Waals surface area (Å²) < 4.78 is 9.47. The zero-order valence-corrected chi connectivity index (χ0v) is 17.2. The summed E-state index contributed by atoms with van der Waals surface area (Å²) >= 11 is 1.28. The van der Waals surface area contributed by atoms with Gasteiger partial charge in [0.2, 0.25) is 5.91 Å². The summed E-state index contributed by atoms with van der Waals surface area (Å²) in [5, 5.41) is 7.49. The van der Waals surface area contributed by atoms with Crippen LogP contribution < -0.4 is 10.6 Å². The number of hydrogen-bond acceptors (Lipinski definition) is 8. The number of ether oxygens (including phenoxy) is 2. The number of pyridine rings is 1. The van der Waals surface area contributed by atoms with Crippen LogP contribution >= 0.6 is 11.3 Å². The number of amides is 2. The number of anilines is 1. The summed E-state index contributed by atoms with van der Waals surface area (Å²) in [5.41, 5.74) is 1.61. The molecule has 156 valence electrons. The van der Waals surface area contributed by atoms with Crippen LogP contribution in [0.25, 0.3) is 11.3 Å². The van der Waals surface area contributed by atoms with Crippen molar-refractivity contribution in [1.29, 1.82) is 0 Å². The van der Waals surface area contributed by atoms with Crippen molar-refractivity contribution in [3.05, 3.63) is 29.9 Å². The van der Waals surface area contributed by atoms with Gasteiger partial charge in [-0.3, -0.25) is 14.6 Å². The van der Waals surface area contributed by atoms with E-state index in [4.69, 9.17) is 4.74 Å². The molecule has 2 rings (SSSR count). The fourth-order valence-electron chi connectivity index (χ4n) is 2.50. The summed E-state index contributed by atoms with van der Waals surface area (Å²) in [5.74, 6) is -0.678. The molecule has 0 aromatic carbocycles. The van der Waals surface area contributed by atoms with E-state index >= 15 is 0 Å². The summed E-state index contributed by atoms with van der Waals surface area (Å²) in [6, 6.07) is 2.84. The smallest absolute Gasteiger partial charge is 0.407 e. The van der Waals surface area contributed by atoms with Crippen LogP contribution in [-0.4, -0.2) is 47.7 Å². The molecular weight excluding hydrogens is 396 g/mol. The Morgan fingerprint density at radius 2 is 1.97 bits per heavy atom. The standard InChI is InChI=1S/C19H24N4O5S/c1-3-28-16(24)7-5-4-6-14(22-19(26)27-2)17(25)23-18-21-15(12-29-18)13-8-10-20-11-9-13/h8-12,14H,3-7H2,1-2H3,(H,22,26)(H,21,23,25). The number of methoxy groups -OCH3 is 1. The van der Waals surface area contributed by atoms with Crippen LogP contribution in [0, 0.1) is 0 Å². The van der Waals surface area contributed by atoms with Crippen LogP contribution in [0.1, 0.15) is 32.6 Å². The molecule has 0 radical (unpaired) electrons. The summed E-state index contributed by atoms with van der Waals surface area (Å²) in [6.07, 6.45) is 4.35. The van der Waals surface area contributed by atoms with Gasteiger partial charge in [-0.1, -0.05) is 6.42 Å². The predicted octanol–water partition coefficient (Wildman–Crippen LogP) is 2.99. The van der Waals surface area contributed by atoms with Gasteiger partial charge in [0.15, 0.2) is 5.13 Å². The molecule has 0 saturated carbocycles. The number of unbranched alkanes of at least 4 members (excludes halogenated alkanes) is 1. The first-order valence-electron chi connectivity index (χ1n) is 9.20. The molecule has 0 saturated heterocycles. The zero-order valence-electron chi connectivity index (χ0n) is 16.3. The number of thiazole rings is 1. The average molecular weight is 420 g/mol. The molecular formula is C19H24N4O5S. The Morgan fingerprint density at radius 3 is 2.66 bits per heavy atom. The van der Waals surface area contributed by atoms with Gasteiger partial charge >= 0.3 is 12.1 Å². The third kappa shape index (κ3) is 7.49. The highest BCUT2D eigenvalue weighted by atomic mass is 32.1. The number of alkyl carbamates (subject to hydrolysis) is 1. The van der Waals surface area contributed by atoms with Crippen molar-refractivity contribution in [1.82, 2.24) is 15.3 Å². The molecule has 0 aliphatic carbocycles. The first-order valence-corrected chi connectivity index (χ1v) is 10.1. The fourth-order valence-corrected chi connectivity index (χ4v) is 3.22. The SMILES string of the molecule is CCOC(=O)CCCCC(NC(=O)OC)C(=O)Nc1nc(-c2ccncc2)cs1. The van der Waals surface area contributed by atoms with Crippen molar-refractivity contribution in [3.8, 4) is 11.3 Å². The van der Waals surface area contributed by atoms with E-state index in [0.29, 0.717) is 31.0 Å². The van der Waals surface area contributed by atoms with Gasteiger partial charge < -0.3 is 20.1 Å². The molecule has 10 heteroatoms. The molecule has 0 aliphatic rings. The number of rotatable bonds is 10. The van der Waals surface area contributed by atoms with E-state index in [1.54, 1.807) is 19.3 Å². The highest BCUT2D eigenvalue weighted by Crippen LogP contribution is 2.24. The van der Waals surface area contributed by atoms with Gasteiger partial charge in [0.1, 0.15) is 6.04 Å². The fraction of sp³-hybridized carbons (Fsp3) is 0.421. The number of esters is 1. The maximum Gasteiger partial charge on any atom is 0.407 e. The number of nitrogens with zero attached hydrogens (tertiary/aromatic N) is 2. The molecule has 0 spiro atoms. The number of aromatic nitrogens is 2. The van der Waals surface area contributed by atoms with Crippen molar-refractivity contribution in [3.63, 3.8) is 0 Å². The van der Waals surface area contributed by atoms with Gasteiger partial charge in [-0.15, -0.1) is 11.3 Å². The molecule has 2 amide bonds. The van der Waals surface area contributed by atoms with Crippen molar-refractivity contribution in [2.45, 2.75) is 38.6 Å². The van der Waals surface area contributed by atoms with E-state index in [2.05, 4.69) is 25.3 Å². The van der Waals surface area contributed by atoms with E-state index in [1.807, 2.05) is 17.5 Å². The van der Waals surface area contributed by atoms with Crippen molar-refractivity contribution in [2.75, 3.05) is 19.0 Å². The van der Waals surface area contributed by atoms with E-state index in [-0.39, 0.29) is 12.4 Å². The Morgan fingerprint density at radius 1 is 1.21 bits per heavy atom. The van der Waals surface area contributed by atoms with Crippen molar-refractivity contribution < 1.29 is 23.9 Å². The number of hydrogen-bond donors (Lipinski definition) is 2. The second kappa shape index (κ2) is 11.7. The topological polar surface area (TPSA) is 120 Å². The molecule has 1 atom stereocenters. The lowest BCUT2D eigenvalue weighted by atomic mass is 10.1. The molecule has 0 fully saturated rings. The molecule has 0 aliphatic heterocycles. The van der Waals surface area contributed by atoms with Crippen LogP contribution in [0.15, 0.2) is 29.9 Å². The second-order valence-corrected chi connectivity index (χ2v) is 6.86. The summed E-state index contributed by atoms with van der Waals surface area (Å²) in [7, 11) is 1.23. The summed E-state index contributed by atoms with van der Waals surface area (Å²) in [4.78, 5) is 44.0. The molecule has 2 aromatic rings. The monoisotopic (exact) mass is 420 g/mol. The zero-order chi connectivity index (χ0) is 21.1. The van der Waals surface area contributed by atoms with Crippen LogP contribution in [0.5, 0.6) is 0 Å². The Labute approximate surface area is 172 Å². The average Bonchev–Trinajstić information content (AvgIpc) is 3.19. The molecule has 2 heterocycles. The van der Waals surface area contributed by atoms with Crippen LogP contribution in [0.3, 0.4) is 0 Å². The van der Waals surface area contributed by atoms with Crippen molar-refractivity contribution in [2.24, 2.45) is 0 Å². The Bertz CT molecular complexity index is 812. The van der Waals surface area contributed by atoms with Gasteiger partial charge in [-0.05, 0) is 31.9 Å². The summed E-state index contributed by atoms with van der Waals surface area (Å²) in [6.45, 7) is 2.08. The third-order valence-electron chi connectivity index (χ3n) is 3.93. The molecule has 0 bridgehead atoms. The number of carbonyl (C=O) groups excluding carboxylic acids is 3. The minimum Gasteiger partial charge on any atom is -0.466 e. The number of carbonyl (C=O) groups is 3. The van der Waals surface area contributed by atoms with Crippen LogP contribution in [-0.2, 0) is 19.1 Å². The Kier molecular flexibility index (Phi) is 9.03. The van der Waals surface area contributed by atoms with E-state index in [1.165, 1.54) is 18.4 Å². The number of nitrogens with one attached hydrogen (secondary N) is 2. The highest BCUT2D eigenvalue weighted by molar-refractivity contribution is 7.14. The minimum absolute atomic E-state index is 0.266. The Balaban J connectivity index is 1.93. The first-order chi connectivity index (χ1) is 14.0. The highest BCUT2D eigenvalue weighted by Gasteiger charge is 2.22. The Hall–Kier alpha value is -3.01. The molecule has 29 heavy (non-hydrogen) atoms. The molecule has 9 nitrogen and oxygen atoms in total. The second-order valence-electron chi connectivity index (χ2n) is 6.00. The predicted molar refractivity (Wildman–Crippen MR) is 108 cm³/mol. The quantitative estimate of drug-likeness (QED) is 0.448. The minimum atomic E-state index is -0.807. The van der Waals surface area contributed by atoms with Gasteiger partial charge in [0.25, 0.3) is 0 Å². The van der Waals surface area contributed by atoms with Gasteiger partial charge in [0.05, 0.1) is 19.4 Å². The van der Waals surface area contributed by atoms with Gasteiger partial charge in [0, 0.05) is 29.8 Å². The lowest BCUT2D eigenvalue weighted by molar-refractivity contribution is -0.143. The first kappa shape index (κ1) is 22.3. The lowest BCUT2D eigenvalue weighted by Gasteiger charge is -2.16. The maximum atomic E-state index is 12.6. The largest absolute Gasteiger partial charge is 0.466 e. The van der Waals surface area contributed by atoms with Gasteiger partial charge in [-0.25, -0.2) is 9.78 Å². The maximum absolute atomic E-state index is 12.6. The molecule has 2 aromatic heterocycles. The lowest BCUT2D eigenvalue weighted by Crippen LogP contribution is -2.43. The van der Waals surface area contributed by atoms with E-state index < -0.39 is 18.0 Å². The van der Waals surface area contributed by atoms with Crippen LogP contribution in [0.2, 0.25) is 0 Å². The third-order valence-corrected chi connectivity index (χ3v) is 4.69. The molecule has 1 unspecified atom stereocenters. The van der Waals surface area contributed by atoms with Gasteiger partial charge in [-0.2, -0.15) is 0 Å². The van der Waals surface area contributed by atoms with Crippen molar-refractivity contribution >= 4 is 34.4 Å². The van der Waals surface area contributed by atoms with Crippen LogP contribution in [0.4, 0.5) is 9.93 Å². The van der Waals surface area contributed by atoms with E-state index in [9.17, 15) is 14.4 Å².